The molecule has 0 aliphatic carbocycles. The molecule has 2 saturated heterocycles. The topological polar surface area (TPSA) is 42.1 Å². The summed E-state index contributed by atoms with van der Waals surface area (Å²) >= 11 is 0. The van der Waals surface area contributed by atoms with E-state index in [9.17, 15) is 4.79 Å². The Balaban J connectivity index is 1.90. The Morgan fingerprint density at radius 3 is 1.81 bits per heavy atom. The molecule has 2 fully saturated rings. The van der Waals surface area contributed by atoms with E-state index in [0.717, 1.165) is 45.3 Å². The largest absolute Gasteiger partial charge is 0.369 e. The van der Waals surface area contributed by atoms with Crippen molar-refractivity contribution in [1.29, 1.82) is 0 Å². The number of Topliss-reactive ketones (excluding diaryl/α,β-unsaturated/α-hetero) is 1. The van der Waals surface area contributed by atoms with E-state index in [1.807, 2.05) is 0 Å². The summed E-state index contributed by atoms with van der Waals surface area (Å²) in [6, 6.07) is 0. The molecule has 4 atom stereocenters. The number of rotatable bonds is 11. The molecule has 0 bridgehead atoms. The molecule has 4 unspecified atom stereocenters. The van der Waals surface area contributed by atoms with Crippen LogP contribution in [0.5, 0.6) is 0 Å². The average molecular weight is 296 g/mol. The maximum atomic E-state index is 12.6. The zero-order chi connectivity index (χ0) is 15.5. The molecule has 2 heterocycles. The molecule has 0 aromatic carbocycles. The predicted molar refractivity (Wildman–Crippen MR) is 84.4 cm³/mol. The Morgan fingerprint density at radius 2 is 1.43 bits per heavy atom. The van der Waals surface area contributed by atoms with E-state index in [4.69, 9.17) is 9.47 Å². The third kappa shape index (κ3) is 3.68. The van der Waals surface area contributed by atoms with Gasteiger partial charge in [0.15, 0.2) is 0 Å². The first-order valence-electron chi connectivity index (χ1n) is 8.85. The minimum absolute atomic E-state index is 0.0171. The van der Waals surface area contributed by atoms with Crippen LogP contribution in [-0.2, 0) is 14.3 Å². The molecule has 3 heteroatoms. The van der Waals surface area contributed by atoms with Crippen LogP contribution >= 0.6 is 0 Å². The molecule has 122 valence electrons. The second-order valence-corrected chi connectivity index (χ2v) is 6.95. The van der Waals surface area contributed by atoms with E-state index in [0.29, 0.717) is 30.5 Å². The van der Waals surface area contributed by atoms with Crippen LogP contribution in [0, 0.1) is 11.8 Å². The van der Waals surface area contributed by atoms with Gasteiger partial charge in [-0.3, -0.25) is 4.79 Å². The van der Waals surface area contributed by atoms with Crippen LogP contribution in [0.1, 0.15) is 72.6 Å². The fourth-order valence-corrected chi connectivity index (χ4v) is 3.88. The van der Waals surface area contributed by atoms with Crippen molar-refractivity contribution in [2.75, 3.05) is 13.2 Å². The summed E-state index contributed by atoms with van der Waals surface area (Å²) in [5.41, 5.74) is 0.0368. The first-order chi connectivity index (χ1) is 10.1. The fourth-order valence-electron chi connectivity index (χ4n) is 3.88. The van der Waals surface area contributed by atoms with Crippen LogP contribution in [0.15, 0.2) is 0 Å². The van der Waals surface area contributed by atoms with E-state index in [1.165, 1.54) is 0 Å². The van der Waals surface area contributed by atoms with E-state index >= 15 is 0 Å². The van der Waals surface area contributed by atoms with E-state index in [2.05, 4.69) is 27.7 Å². The third-order valence-electron chi connectivity index (χ3n) is 5.79. The maximum Gasteiger partial charge on any atom is 0.133 e. The molecular formula is C18H32O3. The SMILES string of the molecule is CCCC(CC(=O)CC(CC)C1(CC)CO1)C1(CC)CO1. The molecule has 0 aromatic heterocycles. The van der Waals surface area contributed by atoms with Crippen molar-refractivity contribution in [2.24, 2.45) is 11.8 Å². The summed E-state index contributed by atoms with van der Waals surface area (Å²) < 4.78 is 11.4. The number of ether oxygens (including phenoxy) is 2. The summed E-state index contributed by atoms with van der Waals surface area (Å²) in [5.74, 6) is 1.22. The normalized spacial score (nSPS) is 33.5. The summed E-state index contributed by atoms with van der Waals surface area (Å²) in [6.45, 7) is 10.4. The zero-order valence-corrected chi connectivity index (χ0v) is 14.2. The number of ketones is 1. The Hall–Kier alpha value is -0.410. The highest BCUT2D eigenvalue weighted by atomic mass is 16.6. The lowest BCUT2D eigenvalue weighted by Crippen LogP contribution is -2.30. The molecule has 0 radical (unpaired) electrons. The Bertz CT molecular complexity index is 355. The van der Waals surface area contributed by atoms with Crippen molar-refractivity contribution in [2.45, 2.75) is 83.8 Å². The third-order valence-corrected chi connectivity index (χ3v) is 5.79. The second kappa shape index (κ2) is 6.78. The van der Waals surface area contributed by atoms with Gasteiger partial charge in [0.25, 0.3) is 0 Å². The molecule has 0 amide bonds. The van der Waals surface area contributed by atoms with Gasteiger partial charge in [-0.15, -0.1) is 0 Å². The maximum absolute atomic E-state index is 12.6. The van der Waals surface area contributed by atoms with Crippen LogP contribution < -0.4 is 0 Å². The molecule has 0 N–H and O–H groups in total. The highest BCUT2D eigenvalue weighted by Crippen LogP contribution is 2.45. The van der Waals surface area contributed by atoms with Crippen molar-refractivity contribution in [3.63, 3.8) is 0 Å². The zero-order valence-electron chi connectivity index (χ0n) is 14.2. The van der Waals surface area contributed by atoms with Gasteiger partial charge in [-0.1, -0.05) is 40.5 Å². The first-order valence-corrected chi connectivity index (χ1v) is 8.85. The van der Waals surface area contributed by atoms with Crippen molar-refractivity contribution in [1.82, 2.24) is 0 Å². The molecule has 0 spiro atoms. The van der Waals surface area contributed by atoms with E-state index in [-0.39, 0.29) is 11.2 Å². The van der Waals surface area contributed by atoms with Gasteiger partial charge in [-0.25, -0.2) is 0 Å². The molecule has 2 aliphatic rings. The lowest BCUT2D eigenvalue weighted by molar-refractivity contribution is -0.122. The Kier molecular flexibility index (Phi) is 5.48. The van der Waals surface area contributed by atoms with Gasteiger partial charge >= 0.3 is 0 Å². The van der Waals surface area contributed by atoms with Gasteiger partial charge in [0.05, 0.1) is 24.4 Å². The smallest absolute Gasteiger partial charge is 0.133 e. The van der Waals surface area contributed by atoms with Gasteiger partial charge in [0.2, 0.25) is 0 Å². The monoisotopic (exact) mass is 296 g/mol. The minimum atomic E-state index is 0.0171. The predicted octanol–water partition coefficient (Wildman–Crippen LogP) is 4.14. The second-order valence-electron chi connectivity index (χ2n) is 6.95. The summed E-state index contributed by atoms with van der Waals surface area (Å²) in [4.78, 5) is 12.6. The van der Waals surface area contributed by atoms with Crippen molar-refractivity contribution in [3.8, 4) is 0 Å². The van der Waals surface area contributed by atoms with Crippen molar-refractivity contribution < 1.29 is 14.3 Å². The lowest BCUT2D eigenvalue weighted by Gasteiger charge is -2.25. The molecule has 0 aromatic rings. The number of epoxide rings is 2. The van der Waals surface area contributed by atoms with Crippen molar-refractivity contribution in [3.05, 3.63) is 0 Å². The molecule has 3 nitrogen and oxygen atoms in total. The summed E-state index contributed by atoms with van der Waals surface area (Å²) in [5, 5.41) is 0. The number of hydrogen-bond acceptors (Lipinski definition) is 3. The number of hydrogen-bond donors (Lipinski definition) is 0. The van der Waals surface area contributed by atoms with Crippen LogP contribution in [-0.4, -0.2) is 30.2 Å². The highest BCUT2D eigenvalue weighted by molar-refractivity contribution is 5.79. The quantitative estimate of drug-likeness (QED) is 0.538. The first kappa shape index (κ1) is 17.0. The molecule has 0 saturated carbocycles. The van der Waals surface area contributed by atoms with Gasteiger partial charge < -0.3 is 9.47 Å². The summed E-state index contributed by atoms with van der Waals surface area (Å²) in [6.07, 6.45) is 6.70. The molecule has 21 heavy (non-hydrogen) atoms. The van der Waals surface area contributed by atoms with Gasteiger partial charge in [0, 0.05) is 12.8 Å². The molecule has 2 rings (SSSR count). The highest BCUT2D eigenvalue weighted by Gasteiger charge is 2.51. The Morgan fingerprint density at radius 1 is 0.952 bits per heavy atom. The van der Waals surface area contributed by atoms with Crippen LogP contribution in [0.4, 0.5) is 0 Å². The van der Waals surface area contributed by atoms with Gasteiger partial charge in [0.1, 0.15) is 5.78 Å². The molecular weight excluding hydrogens is 264 g/mol. The van der Waals surface area contributed by atoms with E-state index < -0.39 is 0 Å². The molecule has 2 aliphatic heterocycles. The van der Waals surface area contributed by atoms with Crippen LogP contribution in [0.3, 0.4) is 0 Å². The van der Waals surface area contributed by atoms with Gasteiger partial charge in [-0.2, -0.15) is 0 Å². The average Bonchev–Trinajstić information content (AvgIpc) is 3.39. The standard InChI is InChI=1S/C18H32O3/c1-5-9-15(18(8-4)13-21-18)11-16(19)10-14(6-2)17(7-3)12-20-17/h14-15H,5-13H2,1-4H3. The lowest BCUT2D eigenvalue weighted by atomic mass is 9.79. The fraction of sp³-hybridized carbons (Fsp3) is 0.944. The van der Waals surface area contributed by atoms with E-state index in [1.54, 1.807) is 0 Å². The van der Waals surface area contributed by atoms with Crippen molar-refractivity contribution >= 4 is 5.78 Å². The van der Waals surface area contributed by atoms with Crippen LogP contribution in [0.2, 0.25) is 0 Å². The van der Waals surface area contributed by atoms with Crippen LogP contribution in [0.25, 0.3) is 0 Å². The minimum Gasteiger partial charge on any atom is -0.369 e. The number of carbonyl (C=O) groups is 1. The number of carbonyl (C=O) groups excluding carboxylic acids is 1. The Labute approximate surface area is 129 Å². The van der Waals surface area contributed by atoms with Gasteiger partial charge in [-0.05, 0) is 31.1 Å². The summed E-state index contributed by atoms with van der Waals surface area (Å²) in [7, 11) is 0.